The molecule has 1 aromatic heterocycles. The van der Waals surface area contributed by atoms with Gasteiger partial charge in [0.2, 0.25) is 0 Å². The third-order valence-corrected chi connectivity index (χ3v) is 5.48. The topological polar surface area (TPSA) is 107 Å². The van der Waals surface area contributed by atoms with Gasteiger partial charge in [-0.1, -0.05) is 48.5 Å². The molecular weight excluding hydrogens is 392 g/mol. The summed E-state index contributed by atoms with van der Waals surface area (Å²) >= 11 is 0. The lowest BCUT2D eigenvalue weighted by Crippen LogP contribution is -2.25. The second-order valence-electron chi connectivity index (χ2n) is 7.34. The minimum Gasteiger partial charge on any atom is -0.465 e. The number of fused-ring (bicyclic) bond motifs is 1. The number of H-pyrrole nitrogens is 1. The van der Waals surface area contributed by atoms with E-state index in [1.165, 1.54) is 5.56 Å². The van der Waals surface area contributed by atoms with E-state index < -0.39 is 6.09 Å². The number of amides is 1. The van der Waals surface area contributed by atoms with Crippen molar-refractivity contribution < 1.29 is 9.90 Å². The van der Waals surface area contributed by atoms with Crippen LogP contribution in [-0.4, -0.2) is 38.4 Å². The fourth-order valence-corrected chi connectivity index (χ4v) is 4.15. The molecule has 0 bridgehead atoms. The van der Waals surface area contributed by atoms with E-state index >= 15 is 0 Å². The Morgan fingerprint density at radius 1 is 1.00 bits per heavy atom. The van der Waals surface area contributed by atoms with Gasteiger partial charge in [0.15, 0.2) is 5.82 Å². The highest BCUT2D eigenvalue weighted by atomic mass is 16.4. The zero-order chi connectivity index (χ0) is 21.2. The van der Waals surface area contributed by atoms with Crippen LogP contribution < -0.4 is 10.2 Å². The Labute approximate surface area is 178 Å². The van der Waals surface area contributed by atoms with Gasteiger partial charge < -0.3 is 10.0 Å². The van der Waals surface area contributed by atoms with Gasteiger partial charge >= 0.3 is 6.09 Å². The molecule has 3 N–H and O–H groups in total. The van der Waals surface area contributed by atoms with Crippen molar-refractivity contribution in [2.75, 3.05) is 16.8 Å². The molecule has 3 aromatic carbocycles. The molecule has 1 aliphatic heterocycles. The Kier molecular flexibility index (Phi) is 4.80. The van der Waals surface area contributed by atoms with Crippen molar-refractivity contribution in [1.29, 1.82) is 0 Å². The highest BCUT2D eigenvalue weighted by Gasteiger charge is 2.22. The van der Waals surface area contributed by atoms with Crippen LogP contribution in [0.3, 0.4) is 0 Å². The molecule has 0 aliphatic carbocycles. The molecule has 8 heteroatoms. The van der Waals surface area contributed by atoms with E-state index in [0.717, 1.165) is 47.5 Å². The number of aryl methyl sites for hydroxylation is 1. The van der Waals surface area contributed by atoms with Crippen LogP contribution in [0.1, 0.15) is 12.0 Å². The summed E-state index contributed by atoms with van der Waals surface area (Å²) in [7, 11) is 0. The van der Waals surface area contributed by atoms with Crippen LogP contribution in [0.15, 0.2) is 66.7 Å². The highest BCUT2D eigenvalue weighted by molar-refractivity contribution is 5.93. The van der Waals surface area contributed by atoms with Crippen LogP contribution in [0.25, 0.3) is 22.5 Å². The minimum atomic E-state index is -1.10. The van der Waals surface area contributed by atoms with Gasteiger partial charge in [-0.15, -0.1) is 5.10 Å². The van der Waals surface area contributed by atoms with E-state index in [0.29, 0.717) is 11.5 Å². The maximum absolute atomic E-state index is 11.6. The third kappa shape index (κ3) is 3.59. The third-order valence-electron chi connectivity index (χ3n) is 5.48. The molecule has 154 valence electrons. The molecule has 31 heavy (non-hydrogen) atoms. The van der Waals surface area contributed by atoms with Gasteiger partial charge in [-0.25, -0.2) is 9.89 Å². The number of anilines is 3. The summed E-state index contributed by atoms with van der Waals surface area (Å²) in [5.41, 5.74) is 6.35. The highest BCUT2D eigenvalue weighted by Crippen LogP contribution is 2.40. The van der Waals surface area contributed by atoms with Crippen LogP contribution in [0, 0.1) is 0 Å². The first-order valence-electron chi connectivity index (χ1n) is 10.0. The number of nitrogens with one attached hydrogen (secondary N) is 2. The molecule has 0 fully saturated rings. The number of tetrazole rings is 1. The van der Waals surface area contributed by atoms with E-state index in [1.807, 2.05) is 54.6 Å². The normalized spacial score (nSPS) is 13.0. The Balaban J connectivity index is 1.62. The Morgan fingerprint density at radius 3 is 2.61 bits per heavy atom. The van der Waals surface area contributed by atoms with Crippen LogP contribution in [0.5, 0.6) is 0 Å². The molecule has 4 aromatic rings. The van der Waals surface area contributed by atoms with Crippen LogP contribution in [0.4, 0.5) is 21.9 Å². The number of aromatic nitrogens is 4. The average Bonchev–Trinajstić information content (AvgIpc) is 3.33. The molecule has 2 heterocycles. The van der Waals surface area contributed by atoms with Gasteiger partial charge in [-0.3, -0.25) is 5.32 Å². The van der Waals surface area contributed by atoms with Crippen molar-refractivity contribution in [3.63, 3.8) is 0 Å². The van der Waals surface area contributed by atoms with Gasteiger partial charge in [-0.05, 0) is 58.2 Å². The first-order valence-corrected chi connectivity index (χ1v) is 10.0. The Hall–Kier alpha value is -4.20. The maximum atomic E-state index is 11.6. The SMILES string of the molecule is O=C(O)Nc1cc(-c2ccccc2-c2nnn[nH]2)ccc1N1CCCc2ccccc21. The number of benzene rings is 3. The number of rotatable bonds is 4. The molecule has 0 radical (unpaired) electrons. The summed E-state index contributed by atoms with van der Waals surface area (Å²) in [5.74, 6) is 0.553. The molecule has 0 unspecified atom stereocenters. The van der Waals surface area contributed by atoms with Gasteiger partial charge in [0.1, 0.15) is 0 Å². The summed E-state index contributed by atoms with van der Waals surface area (Å²) in [6, 6.07) is 21.8. The Morgan fingerprint density at radius 2 is 1.81 bits per heavy atom. The number of carboxylic acid groups (broad SMARTS) is 1. The van der Waals surface area contributed by atoms with E-state index in [2.05, 4.69) is 43.0 Å². The molecule has 5 rings (SSSR count). The van der Waals surface area contributed by atoms with E-state index in [9.17, 15) is 9.90 Å². The fourth-order valence-electron chi connectivity index (χ4n) is 4.15. The minimum absolute atomic E-state index is 0.534. The monoisotopic (exact) mass is 412 g/mol. The summed E-state index contributed by atoms with van der Waals surface area (Å²) in [5, 5.41) is 26.2. The maximum Gasteiger partial charge on any atom is 0.409 e. The number of hydrogen-bond donors (Lipinski definition) is 3. The molecule has 1 aliphatic rings. The average molecular weight is 412 g/mol. The number of para-hydroxylation sites is 1. The van der Waals surface area contributed by atoms with Crippen LogP contribution in [0.2, 0.25) is 0 Å². The fraction of sp³-hybridized carbons (Fsp3) is 0.130. The lowest BCUT2D eigenvalue weighted by Gasteiger charge is -2.33. The predicted molar refractivity (Wildman–Crippen MR) is 118 cm³/mol. The number of carbonyl (C=O) groups is 1. The van der Waals surface area contributed by atoms with Crippen LogP contribution >= 0.6 is 0 Å². The van der Waals surface area contributed by atoms with Crippen molar-refractivity contribution >= 4 is 23.2 Å². The number of hydrogen-bond acceptors (Lipinski definition) is 5. The lowest BCUT2D eigenvalue weighted by atomic mass is 9.97. The second-order valence-corrected chi connectivity index (χ2v) is 7.34. The summed E-state index contributed by atoms with van der Waals surface area (Å²) in [4.78, 5) is 13.8. The second kappa shape index (κ2) is 7.91. The van der Waals surface area contributed by atoms with E-state index in [1.54, 1.807) is 0 Å². The van der Waals surface area contributed by atoms with Gasteiger partial charge in [0.25, 0.3) is 0 Å². The summed E-state index contributed by atoms with van der Waals surface area (Å²) in [6.07, 6.45) is 0.925. The molecule has 8 nitrogen and oxygen atoms in total. The first-order chi connectivity index (χ1) is 15.2. The predicted octanol–water partition coefficient (Wildman–Crippen LogP) is 4.71. The van der Waals surface area contributed by atoms with Gasteiger partial charge in [0.05, 0.1) is 11.4 Å². The summed E-state index contributed by atoms with van der Waals surface area (Å²) in [6.45, 7) is 0.824. The van der Waals surface area contributed by atoms with E-state index in [4.69, 9.17) is 0 Å². The summed E-state index contributed by atoms with van der Waals surface area (Å²) < 4.78 is 0. The van der Waals surface area contributed by atoms with Crippen molar-refractivity contribution in [2.45, 2.75) is 12.8 Å². The molecule has 0 saturated carbocycles. The standard InChI is InChI=1S/C23H20N6O2/c30-23(31)24-19-14-16(17-8-2-3-9-18(17)22-25-27-28-26-22)11-12-21(19)29-13-5-7-15-6-1-4-10-20(15)29/h1-4,6,8-12,14,24H,5,7,13H2,(H,30,31)(H,25,26,27,28). The first kappa shape index (κ1) is 18.8. The van der Waals surface area contributed by atoms with Crippen molar-refractivity contribution in [1.82, 2.24) is 20.6 Å². The molecule has 1 amide bonds. The van der Waals surface area contributed by atoms with Crippen molar-refractivity contribution in [3.05, 3.63) is 72.3 Å². The number of aromatic amines is 1. The lowest BCUT2D eigenvalue weighted by molar-refractivity contribution is 0.210. The largest absolute Gasteiger partial charge is 0.465 e. The van der Waals surface area contributed by atoms with Crippen molar-refractivity contribution in [3.8, 4) is 22.5 Å². The molecule has 0 saturated heterocycles. The smallest absolute Gasteiger partial charge is 0.409 e. The zero-order valence-electron chi connectivity index (χ0n) is 16.6. The van der Waals surface area contributed by atoms with Gasteiger partial charge in [0, 0.05) is 17.8 Å². The Bertz CT molecular complexity index is 1240. The quantitative estimate of drug-likeness (QED) is 0.448. The van der Waals surface area contributed by atoms with E-state index in [-0.39, 0.29) is 0 Å². The number of nitrogens with zero attached hydrogens (tertiary/aromatic N) is 4. The van der Waals surface area contributed by atoms with Gasteiger partial charge in [-0.2, -0.15) is 0 Å². The molecule has 0 spiro atoms. The molecule has 0 atom stereocenters. The van der Waals surface area contributed by atoms with Crippen LogP contribution in [-0.2, 0) is 6.42 Å². The zero-order valence-corrected chi connectivity index (χ0v) is 16.6. The van der Waals surface area contributed by atoms with Crippen molar-refractivity contribution in [2.24, 2.45) is 0 Å². The molecular formula is C23H20N6O2.